The molecule has 0 spiro atoms. The van der Waals surface area contributed by atoms with Crippen LogP contribution in [0, 0.1) is 20.8 Å². The van der Waals surface area contributed by atoms with Crippen molar-refractivity contribution in [1.29, 1.82) is 0 Å². The molecular formula is C11H15N5O3S. The lowest BCUT2D eigenvalue weighted by Crippen LogP contribution is -2.39. The first-order valence-corrected chi connectivity index (χ1v) is 7.67. The van der Waals surface area contributed by atoms with Crippen LogP contribution in [-0.4, -0.2) is 39.2 Å². The molecule has 2 aromatic rings. The number of sulfonamides is 1. The zero-order chi connectivity index (χ0) is 14.5. The van der Waals surface area contributed by atoms with Gasteiger partial charge in [0.2, 0.25) is 10.0 Å². The first-order valence-electron chi connectivity index (χ1n) is 6.23. The third kappa shape index (κ3) is 1.85. The molecule has 0 aromatic carbocycles. The molecule has 0 fully saturated rings. The molecule has 0 aliphatic carbocycles. The second-order valence-corrected chi connectivity index (χ2v) is 6.68. The minimum Gasteiger partial charge on any atom is -0.360 e. The summed E-state index contributed by atoms with van der Waals surface area (Å²) in [5, 5.41) is 11.7. The molecule has 20 heavy (non-hydrogen) atoms. The van der Waals surface area contributed by atoms with Crippen LogP contribution in [0.15, 0.2) is 9.42 Å². The maximum atomic E-state index is 12.7. The fraction of sp³-hybridized carbons (Fsp3) is 0.545. The molecule has 0 saturated carbocycles. The first-order chi connectivity index (χ1) is 9.41. The Hall–Kier alpha value is -1.74. The Bertz CT molecular complexity index is 742. The number of nitrogens with zero attached hydrogens (tertiary/aromatic N) is 5. The molecule has 3 heterocycles. The van der Waals surface area contributed by atoms with Crippen LogP contribution in [0.3, 0.4) is 0 Å². The van der Waals surface area contributed by atoms with Gasteiger partial charge in [0.05, 0.1) is 6.54 Å². The topological polar surface area (TPSA) is 94.1 Å². The summed E-state index contributed by atoms with van der Waals surface area (Å²) < 4.78 is 33.6. The van der Waals surface area contributed by atoms with E-state index in [4.69, 9.17) is 4.52 Å². The monoisotopic (exact) mass is 297 g/mol. The molecule has 1 aliphatic rings. The van der Waals surface area contributed by atoms with Gasteiger partial charge in [-0.05, 0) is 20.8 Å². The Kier molecular flexibility index (Phi) is 2.91. The number of aromatic nitrogens is 4. The Morgan fingerprint density at radius 3 is 2.55 bits per heavy atom. The van der Waals surface area contributed by atoms with E-state index >= 15 is 0 Å². The van der Waals surface area contributed by atoms with Crippen LogP contribution in [0.1, 0.15) is 23.1 Å². The third-order valence-corrected chi connectivity index (χ3v) is 5.56. The second-order valence-electron chi connectivity index (χ2n) is 4.81. The predicted molar refractivity (Wildman–Crippen MR) is 68.3 cm³/mol. The average Bonchev–Trinajstić information content (AvgIpc) is 2.93. The highest BCUT2D eigenvalue weighted by Crippen LogP contribution is 2.26. The Labute approximate surface area is 116 Å². The van der Waals surface area contributed by atoms with Gasteiger partial charge >= 0.3 is 0 Å². The van der Waals surface area contributed by atoms with Crippen LogP contribution in [0.4, 0.5) is 0 Å². The molecule has 0 amide bonds. The van der Waals surface area contributed by atoms with Crippen LogP contribution in [0.25, 0.3) is 0 Å². The van der Waals surface area contributed by atoms with Crippen LogP contribution < -0.4 is 0 Å². The molecular weight excluding hydrogens is 282 g/mol. The van der Waals surface area contributed by atoms with Crippen molar-refractivity contribution in [2.45, 2.75) is 38.8 Å². The van der Waals surface area contributed by atoms with Gasteiger partial charge in [0.25, 0.3) is 0 Å². The molecule has 0 unspecified atom stereocenters. The Morgan fingerprint density at radius 2 is 1.90 bits per heavy atom. The summed E-state index contributed by atoms with van der Waals surface area (Å²) in [6.45, 7) is 6.24. The molecule has 8 nitrogen and oxygen atoms in total. The van der Waals surface area contributed by atoms with Gasteiger partial charge in [-0.3, -0.25) is 0 Å². The van der Waals surface area contributed by atoms with Crippen molar-refractivity contribution in [3.05, 3.63) is 23.1 Å². The fourth-order valence-electron chi connectivity index (χ4n) is 2.46. The minimum absolute atomic E-state index is 0.155. The largest absolute Gasteiger partial charge is 0.360 e. The van der Waals surface area contributed by atoms with Crippen molar-refractivity contribution in [2.75, 3.05) is 6.54 Å². The van der Waals surface area contributed by atoms with Gasteiger partial charge in [0.1, 0.15) is 22.2 Å². The maximum absolute atomic E-state index is 12.7. The highest BCUT2D eigenvalue weighted by Gasteiger charge is 2.34. The summed E-state index contributed by atoms with van der Waals surface area (Å²) in [6.07, 6.45) is 0. The van der Waals surface area contributed by atoms with Crippen molar-refractivity contribution in [2.24, 2.45) is 0 Å². The van der Waals surface area contributed by atoms with E-state index < -0.39 is 10.0 Å². The van der Waals surface area contributed by atoms with Crippen LogP contribution in [0.5, 0.6) is 0 Å². The Morgan fingerprint density at radius 1 is 1.15 bits per heavy atom. The molecule has 9 heteroatoms. The van der Waals surface area contributed by atoms with E-state index in [0.29, 0.717) is 30.4 Å². The van der Waals surface area contributed by atoms with Crippen molar-refractivity contribution >= 4 is 10.0 Å². The number of aryl methyl sites for hydroxylation is 3. The molecule has 0 radical (unpaired) electrons. The summed E-state index contributed by atoms with van der Waals surface area (Å²) >= 11 is 0. The van der Waals surface area contributed by atoms with Gasteiger partial charge in [-0.1, -0.05) is 5.16 Å². The van der Waals surface area contributed by atoms with Crippen molar-refractivity contribution < 1.29 is 12.9 Å². The van der Waals surface area contributed by atoms with Crippen LogP contribution >= 0.6 is 0 Å². The second kappa shape index (κ2) is 4.38. The van der Waals surface area contributed by atoms with E-state index in [1.807, 2.05) is 11.5 Å². The van der Waals surface area contributed by atoms with Gasteiger partial charge in [0.15, 0.2) is 5.76 Å². The normalized spacial score (nSPS) is 16.4. The molecule has 1 aliphatic heterocycles. The van der Waals surface area contributed by atoms with Gasteiger partial charge in [-0.2, -0.15) is 4.31 Å². The van der Waals surface area contributed by atoms with E-state index in [1.165, 1.54) is 4.31 Å². The van der Waals surface area contributed by atoms with Gasteiger partial charge in [-0.25, -0.2) is 8.42 Å². The van der Waals surface area contributed by atoms with Crippen LogP contribution in [-0.2, 0) is 23.1 Å². The number of hydrogen-bond acceptors (Lipinski definition) is 6. The minimum atomic E-state index is -3.62. The molecule has 3 rings (SSSR count). The quantitative estimate of drug-likeness (QED) is 0.796. The first kappa shape index (κ1) is 13.3. The Balaban J connectivity index is 1.99. The summed E-state index contributed by atoms with van der Waals surface area (Å²) in [5.74, 6) is 1.77. The number of fused-ring (bicyclic) bond motifs is 1. The maximum Gasteiger partial charge on any atom is 0.248 e. The summed E-state index contributed by atoms with van der Waals surface area (Å²) in [4.78, 5) is 0.155. The predicted octanol–water partition coefficient (Wildman–Crippen LogP) is 0.396. The number of hydrogen-bond donors (Lipinski definition) is 0. The molecule has 0 bridgehead atoms. The number of rotatable bonds is 2. The SMILES string of the molecule is Cc1noc(C)c1S(=O)(=O)N1CCn2c(C)nnc2C1. The zero-order valence-corrected chi connectivity index (χ0v) is 12.3. The smallest absolute Gasteiger partial charge is 0.248 e. The van der Waals surface area contributed by atoms with Crippen LogP contribution in [0.2, 0.25) is 0 Å². The fourth-order valence-corrected chi connectivity index (χ4v) is 4.13. The standard InChI is InChI=1S/C11H15N5O3S/c1-7-11(8(2)19-14-7)20(17,18)15-4-5-16-9(3)12-13-10(16)6-15/h4-6H2,1-3H3. The van der Waals surface area contributed by atoms with E-state index in [2.05, 4.69) is 15.4 Å². The molecule has 0 atom stereocenters. The highest BCUT2D eigenvalue weighted by atomic mass is 32.2. The van der Waals surface area contributed by atoms with E-state index in [0.717, 1.165) is 5.82 Å². The lowest BCUT2D eigenvalue weighted by atomic mass is 10.4. The van der Waals surface area contributed by atoms with Gasteiger partial charge in [0, 0.05) is 13.1 Å². The van der Waals surface area contributed by atoms with E-state index in [1.54, 1.807) is 13.8 Å². The molecule has 0 N–H and O–H groups in total. The van der Waals surface area contributed by atoms with Gasteiger partial charge in [-0.15, -0.1) is 10.2 Å². The third-order valence-electron chi connectivity index (χ3n) is 3.47. The van der Waals surface area contributed by atoms with E-state index in [-0.39, 0.29) is 11.4 Å². The molecule has 0 saturated heterocycles. The highest BCUT2D eigenvalue weighted by molar-refractivity contribution is 7.89. The molecule has 2 aromatic heterocycles. The van der Waals surface area contributed by atoms with Crippen molar-refractivity contribution in [1.82, 2.24) is 24.2 Å². The molecule has 108 valence electrons. The lowest BCUT2D eigenvalue weighted by Gasteiger charge is -2.26. The summed E-state index contributed by atoms with van der Waals surface area (Å²) in [7, 11) is -3.62. The summed E-state index contributed by atoms with van der Waals surface area (Å²) in [5.41, 5.74) is 0.380. The lowest BCUT2D eigenvalue weighted by molar-refractivity contribution is 0.332. The summed E-state index contributed by atoms with van der Waals surface area (Å²) in [6, 6.07) is 0. The zero-order valence-electron chi connectivity index (χ0n) is 11.5. The van der Waals surface area contributed by atoms with Crippen molar-refractivity contribution in [3.8, 4) is 0 Å². The van der Waals surface area contributed by atoms with E-state index in [9.17, 15) is 8.42 Å². The average molecular weight is 297 g/mol. The van der Waals surface area contributed by atoms with Gasteiger partial charge < -0.3 is 9.09 Å². The van der Waals surface area contributed by atoms with Crippen molar-refractivity contribution in [3.63, 3.8) is 0 Å².